The summed E-state index contributed by atoms with van der Waals surface area (Å²) in [6, 6.07) is 0. The molecule has 5 heteroatoms. The smallest absolute Gasteiger partial charge is 0.410 e. The minimum absolute atomic E-state index is 0.0637. The molecule has 0 unspecified atom stereocenters. The molecule has 0 aliphatic rings. The Morgan fingerprint density at radius 3 is 2.53 bits per heavy atom. The van der Waals surface area contributed by atoms with Crippen LogP contribution in [0.15, 0.2) is 0 Å². The number of ether oxygens (including phenoxy) is 1. The fraction of sp³-hybridized carbons (Fsp3) is 0.800. The maximum Gasteiger partial charge on any atom is 0.410 e. The third-order valence-electron chi connectivity index (χ3n) is 1.44. The van der Waals surface area contributed by atoms with Gasteiger partial charge in [-0.1, -0.05) is 6.92 Å². The molecule has 0 radical (unpaired) electrons. The number of hydrogen-bond acceptors (Lipinski definition) is 3. The highest BCUT2D eigenvalue weighted by atomic mass is 16.6. The standard InChI is InChI=1S/C10H19NO4/c1-5-6-11(7-8(12)13)9(14)15-10(2,3)4/h5-7H2,1-4H3,(H,12,13)/i2D. The molecule has 15 heavy (non-hydrogen) atoms. The summed E-state index contributed by atoms with van der Waals surface area (Å²) in [4.78, 5) is 23.3. The van der Waals surface area contributed by atoms with Crippen LogP contribution < -0.4 is 0 Å². The molecule has 0 atom stereocenters. The van der Waals surface area contributed by atoms with Gasteiger partial charge in [0.05, 0.1) is 0 Å². The van der Waals surface area contributed by atoms with E-state index in [1.54, 1.807) is 13.8 Å². The van der Waals surface area contributed by atoms with Crippen molar-refractivity contribution < 1.29 is 20.8 Å². The number of carbonyl (C=O) groups excluding carboxylic acids is 1. The predicted octanol–water partition coefficient (Wildman–Crippen LogP) is 1.72. The Kier molecular flexibility index (Phi) is 4.39. The minimum atomic E-state index is -1.07. The molecule has 1 N–H and O–H groups in total. The van der Waals surface area contributed by atoms with Gasteiger partial charge in [0.15, 0.2) is 0 Å². The average Bonchev–Trinajstić information content (AvgIpc) is 2.16. The highest BCUT2D eigenvalue weighted by Gasteiger charge is 2.22. The molecule has 0 spiro atoms. The number of carboxylic acids is 1. The summed E-state index contributed by atoms with van der Waals surface area (Å²) in [6.07, 6.45) is -0.0227. The van der Waals surface area contributed by atoms with E-state index in [4.69, 9.17) is 11.2 Å². The van der Waals surface area contributed by atoms with E-state index >= 15 is 0 Å². The molecular weight excluding hydrogens is 198 g/mol. The predicted molar refractivity (Wildman–Crippen MR) is 55.7 cm³/mol. The lowest BCUT2D eigenvalue weighted by Crippen LogP contribution is -2.40. The number of carbonyl (C=O) groups is 2. The van der Waals surface area contributed by atoms with Gasteiger partial charge in [-0.05, 0) is 27.2 Å². The zero-order valence-electron chi connectivity index (χ0n) is 10.4. The third-order valence-corrected chi connectivity index (χ3v) is 1.44. The second kappa shape index (κ2) is 5.58. The van der Waals surface area contributed by atoms with E-state index in [2.05, 4.69) is 0 Å². The number of rotatable bonds is 4. The van der Waals surface area contributed by atoms with Crippen molar-refractivity contribution in [3.63, 3.8) is 0 Å². The van der Waals surface area contributed by atoms with Crippen molar-refractivity contribution in [1.29, 1.82) is 0 Å². The summed E-state index contributed by atoms with van der Waals surface area (Å²) < 4.78 is 12.2. The lowest BCUT2D eigenvalue weighted by atomic mass is 10.2. The van der Waals surface area contributed by atoms with E-state index in [0.29, 0.717) is 13.0 Å². The summed E-state index contributed by atoms with van der Waals surface area (Å²) >= 11 is 0. The molecule has 5 nitrogen and oxygen atoms in total. The highest BCUT2D eigenvalue weighted by molar-refractivity contribution is 5.76. The average molecular weight is 218 g/mol. The second-order valence-corrected chi connectivity index (χ2v) is 3.94. The van der Waals surface area contributed by atoms with Crippen molar-refractivity contribution in [2.45, 2.75) is 39.7 Å². The first-order valence-electron chi connectivity index (χ1n) is 5.52. The van der Waals surface area contributed by atoms with Gasteiger partial charge in [0.25, 0.3) is 0 Å². The van der Waals surface area contributed by atoms with Crippen LogP contribution >= 0.6 is 0 Å². The number of aliphatic carboxylic acids is 1. The Labute approximate surface area is 91.4 Å². The van der Waals surface area contributed by atoms with Crippen LogP contribution in [0, 0.1) is 0 Å². The fourth-order valence-corrected chi connectivity index (χ4v) is 0.969. The van der Waals surface area contributed by atoms with Gasteiger partial charge in [0, 0.05) is 7.92 Å². The monoisotopic (exact) mass is 218 g/mol. The molecule has 0 fully saturated rings. The van der Waals surface area contributed by atoms with E-state index in [-0.39, 0.29) is 13.4 Å². The molecule has 0 heterocycles. The van der Waals surface area contributed by atoms with E-state index in [9.17, 15) is 9.59 Å². The van der Waals surface area contributed by atoms with Crippen molar-refractivity contribution in [3.05, 3.63) is 0 Å². The maximum absolute atomic E-state index is 11.6. The molecule has 0 aromatic carbocycles. The van der Waals surface area contributed by atoms with Gasteiger partial charge in [0.1, 0.15) is 12.1 Å². The largest absolute Gasteiger partial charge is 0.480 e. The van der Waals surface area contributed by atoms with Crippen molar-refractivity contribution >= 4 is 12.1 Å². The molecule has 0 aliphatic carbocycles. The van der Waals surface area contributed by atoms with Crippen LogP contribution in [0.2, 0.25) is 0 Å². The van der Waals surface area contributed by atoms with Crippen LogP contribution in [0.1, 0.15) is 35.5 Å². The van der Waals surface area contributed by atoms with Crippen LogP contribution in [0.5, 0.6) is 0 Å². The summed E-state index contributed by atoms with van der Waals surface area (Å²) in [5, 5.41) is 8.63. The summed E-state index contributed by atoms with van der Waals surface area (Å²) in [5.74, 6) is -1.07. The van der Waals surface area contributed by atoms with Gasteiger partial charge in [-0.25, -0.2) is 4.79 Å². The first kappa shape index (κ1) is 11.8. The first-order chi connectivity index (χ1) is 7.32. The van der Waals surface area contributed by atoms with Crippen LogP contribution in [0.4, 0.5) is 4.79 Å². The van der Waals surface area contributed by atoms with Crippen LogP contribution in [-0.4, -0.2) is 40.8 Å². The molecule has 0 rings (SSSR count). The third kappa shape index (κ3) is 6.76. The normalized spacial score (nSPS) is 11.8. The Bertz CT molecular complexity index is 255. The van der Waals surface area contributed by atoms with E-state index in [0.717, 1.165) is 4.90 Å². The molecule has 1 amide bonds. The molecule has 0 saturated heterocycles. The van der Waals surface area contributed by atoms with Crippen LogP contribution in [0.25, 0.3) is 0 Å². The Morgan fingerprint density at radius 1 is 1.53 bits per heavy atom. The lowest BCUT2D eigenvalue weighted by Gasteiger charge is -2.25. The van der Waals surface area contributed by atoms with Gasteiger partial charge in [-0.3, -0.25) is 9.69 Å². The Morgan fingerprint density at radius 2 is 2.13 bits per heavy atom. The number of hydrogen-bond donors (Lipinski definition) is 1. The molecule has 0 aromatic heterocycles. The Balaban J connectivity index is 4.43. The molecule has 88 valence electrons. The number of carboxylic acid groups (broad SMARTS) is 1. The Hall–Kier alpha value is -1.26. The summed E-state index contributed by atoms with van der Waals surface area (Å²) in [6.45, 7) is 4.97. The quantitative estimate of drug-likeness (QED) is 0.780. The van der Waals surface area contributed by atoms with Gasteiger partial charge in [-0.15, -0.1) is 0 Å². The van der Waals surface area contributed by atoms with Crippen LogP contribution in [-0.2, 0) is 9.53 Å². The molecule has 0 aromatic rings. The van der Waals surface area contributed by atoms with Crippen molar-refractivity contribution in [2.24, 2.45) is 0 Å². The van der Waals surface area contributed by atoms with E-state index in [1.807, 2.05) is 6.92 Å². The molecular formula is C10H19NO4. The minimum Gasteiger partial charge on any atom is -0.480 e. The molecule has 0 saturated carbocycles. The SMILES string of the molecule is [2H]CC(C)(C)OC(=O)N(CCC)CC(=O)O. The highest BCUT2D eigenvalue weighted by Crippen LogP contribution is 2.10. The van der Waals surface area contributed by atoms with Crippen molar-refractivity contribution in [3.8, 4) is 0 Å². The maximum atomic E-state index is 11.6. The number of amides is 1. The summed E-state index contributed by atoms with van der Waals surface area (Å²) in [7, 11) is 0. The number of nitrogens with zero attached hydrogens (tertiary/aromatic N) is 1. The molecule has 0 aliphatic heterocycles. The fourth-order valence-electron chi connectivity index (χ4n) is 0.969. The van der Waals surface area contributed by atoms with Gasteiger partial charge < -0.3 is 9.84 Å². The van der Waals surface area contributed by atoms with Gasteiger partial charge in [0.2, 0.25) is 0 Å². The summed E-state index contributed by atoms with van der Waals surface area (Å²) in [5.41, 5.74) is -0.887. The topological polar surface area (TPSA) is 66.8 Å². The van der Waals surface area contributed by atoms with Gasteiger partial charge >= 0.3 is 12.1 Å². The lowest BCUT2D eigenvalue weighted by molar-refractivity contribution is -0.138. The zero-order chi connectivity index (χ0) is 12.8. The molecule has 0 bridgehead atoms. The van der Waals surface area contributed by atoms with Crippen molar-refractivity contribution in [2.75, 3.05) is 13.1 Å². The van der Waals surface area contributed by atoms with Crippen LogP contribution in [0.3, 0.4) is 0 Å². The first-order valence-corrected chi connectivity index (χ1v) is 4.81. The second-order valence-electron chi connectivity index (χ2n) is 3.94. The van der Waals surface area contributed by atoms with E-state index in [1.165, 1.54) is 0 Å². The zero-order valence-corrected chi connectivity index (χ0v) is 9.45. The van der Waals surface area contributed by atoms with Crippen molar-refractivity contribution in [1.82, 2.24) is 4.90 Å². The van der Waals surface area contributed by atoms with E-state index < -0.39 is 17.7 Å². The van der Waals surface area contributed by atoms with Gasteiger partial charge in [-0.2, -0.15) is 0 Å².